The number of halogens is 1. The summed E-state index contributed by atoms with van der Waals surface area (Å²) in [4.78, 5) is 26.9. The van der Waals surface area contributed by atoms with Gasteiger partial charge in [-0.1, -0.05) is 0 Å². The summed E-state index contributed by atoms with van der Waals surface area (Å²) in [5.74, 6) is -1.28. The van der Waals surface area contributed by atoms with Gasteiger partial charge in [0.25, 0.3) is 5.91 Å². The molecule has 1 aliphatic rings. The number of nitrogens with two attached hydrogens (primary N) is 1. The Morgan fingerprint density at radius 2 is 1.95 bits per heavy atom. The third kappa shape index (κ3) is 3.69. The Labute approximate surface area is 122 Å². The fourth-order valence-corrected chi connectivity index (χ4v) is 2.23. The van der Waals surface area contributed by atoms with Crippen LogP contribution in [0, 0.1) is 5.82 Å². The van der Waals surface area contributed by atoms with E-state index >= 15 is 0 Å². The first-order valence-corrected chi connectivity index (χ1v) is 6.64. The van der Waals surface area contributed by atoms with Crippen LogP contribution in [0.3, 0.4) is 0 Å². The largest absolute Gasteiger partial charge is 0.468 e. The van der Waals surface area contributed by atoms with E-state index < -0.39 is 5.82 Å². The first kappa shape index (κ1) is 15.2. The van der Waals surface area contributed by atoms with Crippen LogP contribution >= 0.6 is 0 Å². The topological polar surface area (TPSA) is 75.9 Å². The summed E-state index contributed by atoms with van der Waals surface area (Å²) in [6, 6.07) is 4.04. The Kier molecular flexibility index (Phi) is 4.74. The number of carbonyl (C=O) groups is 2. The van der Waals surface area contributed by atoms with Crippen molar-refractivity contribution in [2.24, 2.45) is 0 Å². The summed E-state index contributed by atoms with van der Waals surface area (Å²) in [5.41, 5.74) is 5.77. The van der Waals surface area contributed by atoms with E-state index in [1.165, 1.54) is 19.2 Å². The number of amides is 1. The number of methoxy groups -OCH3 is 1. The Morgan fingerprint density at radius 3 is 2.52 bits per heavy atom. The lowest BCUT2D eigenvalue weighted by Gasteiger charge is -2.34. The minimum Gasteiger partial charge on any atom is -0.468 e. The second kappa shape index (κ2) is 6.53. The van der Waals surface area contributed by atoms with Crippen LogP contribution in [0.5, 0.6) is 0 Å². The standard InChI is InChI=1S/C14H18FN3O3/c1-21-13(19)9-17-4-6-18(7-5-17)14(20)11-3-2-10(16)8-12(11)15/h2-3,8H,4-7,9,16H2,1H3. The molecule has 1 heterocycles. The minimum absolute atomic E-state index is 0.0191. The molecule has 0 aromatic heterocycles. The molecule has 21 heavy (non-hydrogen) atoms. The smallest absolute Gasteiger partial charge is 0.319 e. The second-order valence-corrected chi connectivity index (χ2v) is 4.88. The van der Waals surface area contributed by atoms with Crippen LogP contribution in [-0.2, 0) is 9.53 Å². The van der Waals surface area contributed by atoms with Crippen molar-refractivity contribution in [3.8, 4) is 0 Å². The zero-order chi connectivity index (χ0) is 15.4. The molecular formula is C14H18FN3O3. The Balaban J connectivity index is 1.95. The average Bonchev–Trinajstić information content (AvgIpc) is 2.47. The molecule has 2 rings (SSSR count). The highest BCUT2D eigenvalue weighted by molar-refractivity contribution is 5.95. The SMILES string of the molecule is COC(=O)CN1CCN(C(=O)c2ccc(N)cc2F)CC1. The molecule has 2 N–H and O–H groups in total. The van der Waals surface area contributed by atoms with Crippen molar-refractivity contribution in [2.45, 2.75) is 0 Å². The van der Waals surface area contributed by atoms with Crippen molar-refractivity contribution in [1.82, 2.24) is 9.80 Å². The van der Waals surface area contributed by atoms with Gasteiger partial charge in [-0.2, -0.15) is 0 Å². The number of anilines is 1. The molecule has 1 aromatic rings. The van der Waals surface area contributed by atoms with Crippen molar-refractivity contribution in [3.63, 3.8) is 0 Å². The van der Waals surface area contributed by atoms with Gasteiger partial charge in [0.15, 0.2) is 0 Å². The molecule has 1 aliphatic heterocycles. The van der Waals surface area contributed by atoms with Gasteiger partial charge < -0.3 is 15.4 Å². The zero-order valence-corrected chi connectivity index (χ0v) is 11.8. The van der Waals surface area contributed by atoms with Crippen LogP contribution in [0.15, 0.2) is 18.2 Å². The van der Waals surface area contributed by atoms with Gasteiger partial charge >= 0.3 is 5.97 Å². The number of rotatable bonds is 3. The molecule has 0 spiro atoms. The van der Waals surface area contributed by atoms with Gasteiger partial charge in [-0.25, -0.2) is 4.39 Å². The number of benzene rings is 1. The van der Waals surface area contributed by atoms with Crippen LogP contribution in [-0.4, -0.2) is 61.5 Å². The highest BCUT2D eigenvalue weighted by Gasteiger charge is 2.25. The van der Waals surface area contributed by atoms with Crippen molar-refractivity contribution in [2.75, 3.05) is 45.6 Å². The maximum Gasteiger partial charge on any atom is 0.319 e. The maximum absolute atomic E-state index is 13.8. The van der Waals surface area contributed by atoms with Gasteiger partial charge in [0.1, 0.15) is 5.82 Å². The number of piperazine rings is 1. The van der Waals surface area contributed by atoms with Crippen molar-refractivity contribution in [1.29, 1.82) is 0 Å². The number of nitrogens with zero attached hydrogens (tertiary/aromatic N) is 2. The zero-order valence-electron chi connectivity index (χ0n) is 11.8. The fourth-order valence-electron chi connectivity index (χ4n) is 2.23. The quantitative estimate of drug-likeness (QED) is 0.643. The van der Waals surface area contributed by atoms with Crippen molar-refractivity contribution >= 4 is 17.6 Å². The van der Waals surface area contributed by atoms with E-state index in [1.54, 1.807) is 4.90 Å². The summed E-state index contributed by atoms with van der Waals surface area (Å²) in [6.45, 7) is 2.20. The van der Waals surface area contributed by atoms with E-state index in [0.29, 0.717) is 26.2 Å². The van der Waals surface area contributed by atoms with Gasteiger partial charge in [-0.05, 0) is 18.2 Å². The second-order valence-electron chi connectivity index (χ2n) is 4.88. The first-order valence-electron chi connectivity index (χ1n) is 6.64. The predicted octanol–water partition coefficient (Wildman–Crippen LogP) is 0.339. The van der Waals surface area contributed by atoms with Gasteiger partial charge in [0.05, 0.1) is 19.2 Å². The van der Waals surface area contributed by atoms with E-state index in [1.807, 2.05) is 4.90 Å². The molecule has 1 amide bonds. The predicted molar refractivity (Wildman–Crippen MR) is 75.2 cm³/mol. The number of nitrogen functional groups attached to an aromatic ring is 1. The number of carbonyl (C=O) groups excluding carboxylic acids is 2. The molecular weight excluding hydrogens is 277 g/mol. The highest BCUT2D eigenvalue weighted by Crippen LogP contribution is 2.15. The minimum atomic E-state index is -0.614. The van der Waals surface area contributed by atoms with E-state index in [-0.39, 0.29) is 29.7 Å². The summed E-state index contributed by atoms with van der Waals surface area (Å²) >= 11 is 0. The molecule has 0 aliphatic carbocycles. The van der Waals surface area contributed by atoms with Crippen LogP contribution < -0.4 is 5.73 Å². The lowest BCUT2D eigenvalue weighted by molar-refractivity contribution is -0.142. The average molecular weight is 295 g/mol. The third-order valence-electron chi connectivity index (χ3n) is 3.46. The van der Waals surface area contributed by atoms with Crippen LogP contribution in [0.1, 0.15) is 10.4 Å². The maximum atomic E-state index is 13.8. The van der Waals surface area contributed by atoms with E-state index in [4.69, 9.17) is 5.73 Å². The molecule has 0 radical (unpaired) electrons. The Morgan fingerprint density at radius 1 is 1.29 bits per heavy atom. The number of ether oxygens (including phenoxy) is 1. The van der Waals surface area contributed by atoms with Crippen molar-refractivity contribution < 1.29 is 18.7 Å². The van der Waals surface area contributed by atoms with E-state index in [2.05, 4.69) is 4.74 Å². The monoisotopic (exact) mass is 295 g/mol. The number of esters is 1. The summed E-state index contributed by atoms with van der Waals surface area (Å²) < 4.78 is 18.4. The normalized spacial score (nSPS) is 15.8. The summed E-state index contributed by atoms with van der Waals surface area (Å²) in [7, 11) is 1.34. The molecule has 114 valence electrons. The summed E-state index contributed by atoms with van der Waals surface area (Å²) in [5, 5.41) is 0. The third-order valence-corrected chi connectivity index (χ3v) is 3.46. The molecule has 1 aromatic carbocycles. The molecule has 6 nitrogen and oxygen atoms in total. The van der Waals surface area contributed by atoms with Gasteiger partial charge in [-0.3, -0.25) is 14.5 Å². The highest BCUT2D eigenvalue weighted by atomic mass is 19.1. The lowest BCUT2D eigenvalue weighted by Crippen LogP contribution is -2.50. The Hall–Kier alpha value is -2.15. The lowest BCUT2D eigenvalue weighted by atomic mass is 10.1. The van der Waals surface area contributed by atoms with Crippen LogP contribution in [0.25, 0.3) is 0 Å². The molecule has 1 saturated heterocycles. The molecule has 0 unspecified atom stereocenters. The number of hydrogen-bond donors (Lipinski definition) is 1. The fraction of sp³-hybridized carbons (Fsp3) is 0.429. The molecule has 7 heteroatoms. The molecule has 0 bridgehead atoms. The Bertz CT molecular complexity index is 542. The molecule has 1 fully saturated rings. The molecule has 0 atom stereocenters. The van der Waals surface area contributed by atoms with E-state index in [0.717, 1.165) is 6.07 Å². The van der Waals surface area contributed by atoms with Gasteiger partial charge in [0.2, 0.25) is 0 Å². The van der Waals surface area contributed by atoms with Crippen LogP contribution in [0.2, 0.25) is 0 Å². The molecule has 0 saturated carbocycles. The van der Waals surface area contributed by atoms with Crippen LogP contribution in [0.4, 0.5) is 10.1 Å². The summed E-state index contributed by atoms with van der Waals surface area (Å²) in [6.07, 6.45) is 0. The van der Waals surface area contributed by atoms with Gasteiger partial charge in [0, 0.05) is 31.9 Å². The van der Waals surface area contributed by atoms with Crippen molar-refractivity contribution in [3.05, 3.63) is 29.6 Å². The first-order chi connectivity index (χ1) is 10.0. The number of hydrogen-bond acceptors (Lipinski definition) is 5. The van der Waals surface area contributed by atoms with E-state index in [9.17, 15) is 14.0 Å². The van der Waals surface area contributed by atoms with Gasteiger partial charge in [-0.15, -0.1) is 0 Å².